The van der Waals surface area contributed by atoms with Gasteiger partial charge in [-0.3, -0.25) is 14.4 Å². The topological polar surface area (TPSA) is 120 Å². The predicted octanol–water partition coefficient (Wildman–Crippen LogP) is 1.27. The molecule has 0 radical (unpaired) electrons. The number of nitriles is 1. The van der Waals surface area contributed by atoms with Crippen LogP contribution in [0.5, 0.6) is 5.75 Å². The fraction of sp³-hybridized carbons (Fsp3) is 0.364. The van der Waals surface area contributed by atoms with Gasteiger partial charge in [0.1, 0.15) is 23.2 Å². The van der Waals surface area contributed by atoms with E-state index >= 15 is 0 Å². The largest absolute Gasteiger partial charge is 0.483 e. The Balaban J connectivity index is 2.31. The molecule has 0 aliphatic heterocycles. The lowest BCUT2D eigenvalue weighted by Crippen LogP contribution is -2.31. The maximum absolute atomic E-state index is 13.9. The Morgan fingerprint density at radius 1 is 1.19 bits per heavy atom. The van der Waals surface area contributed by atoms with Gasteiger partial charge in [-0.15, -0.1) is 0 Å². The van der Waals surface area contributed by atoms with Crippen LogP contribution in [0.2, 0.25) is 0 Å². The quantitative estimate of drug-likeness (QED) is 0.386. The smallest absolute Gasteiger partial charge is 0.268 e. The van der Waals surface area contributed by atoms with Gasteiger partial charge in [0.2, 0.25) is 0 Å². The van der Waals surface area contributed by atoms with Crippen LogP contribution in [-0.2, 0) is 20.8 Å². The van der Waals surface area contributed by atoms with Crippen molar-refractivity contribution in [2.45, 2.75) is 13.0 Å². The second-order valence-electron chi connectivity index (χ2n) is 6.70. The zero-order valence-electron chi connectivity index (χ0n) is 17.9. The minimum absolute atomic E-state index is 0.00562. The van der Waals surface area contributed by atoms with Gasteiger partial charge in [0, 0.05) is 45.7 Å². The fourth-order valence-corrected chi connectivity index (χ4v) is 2.83. The lowest BCUT2D eigenvalue weighted by Gasteiger charge is -2.13. The number of rotatable bonds is 12. The number of ketones is 1. The van der Waals surface area contributed by atoms with Gasteiger partial charge >= 0.3 is 0 Å². The second kappa shape index (κ2) is 12.3. The van der Waals surface area contributed by atoms with Gasteiger partial charge in [0.15, 0.2) is 12.4 Å². The predicted molar refractivity (Wildman–Crippen MR) is 112 cm³/mol. The third-order valence-corrected chi connectivity index (χ3v) is 4.39. The van der Waals surface area contributed by atoms with Crippen LogP contribution in [0.3, 0.4) is 0 Å². The zero-order chi connectivity index (χ0) is 23.5. The molecule has 0 saturated carbocycles. The summed E-state index contributed by atoms with van der Waals surface area (Å²) in [5.74, 6) is -1.78. The Kier molecular flexibility index (Phi) is 9.53. The summed E-state index contributed by atoms with van der Waals surface area (Å²) in [6.07, 6.45) is 1.80. The summed E-state index contributed by atoms with van der Waals surface area (Å²) < 4.78 is 30.4. The number of methoxy groups -OCH3 is 2. The molecule has 32 heavy (non-hydrogen) atoms. The average Bonchev–Trinajstić information content (AvgIpc) is 2.79. The van der Waals surface area contributed by atoms with Gasteiger partial charge < -0.3 is 24.1 Å². The maximum Gasteiger partial charge on any atom is 0.268 e. The number of carbonyl (C=O) groups is 2. The summed E-state index contributed by atoms with van der Waals surface area (Å²) in [4.78, 5) is 37.4. The first-order chi connectivity index (χ1) is 15.4. The Bertz CT molecular complexity index is 1060. The number of nitrogens with zero attached hydrogens (tertiary/aromatic N) is 2. The van der Waals surface area contributed by atoms with E-state index < -0.39 is 29.7 Å². The molecule has 10 heteroatoms. The summed E-state index contributed by atoms with van der Waals surface area (Å²) in [5.41, 5.74) is -0.882. The number of halogens is 1. The van der Waals surface area contributed by atoms with E-state index in [4.69, 9.17) is 14.2 Å². The molecular weight excluding hydrogens is 421 g/mol. The first-order valence-electron chi connectivity index (χ1n) is 9.77. The molecule has 1 N–H and O–H groups in total. The third kappa shape index (κ3) is 6.73. The molecule has 170 valence electrons. The van der Waals surface area contributed by atoms with Crippen molar-refractivity contribution in [1.29, 1.82) is 5.26 Å². The number of benzene rings is 1. The monoisotopic (exact) mass is 445 g/mol. The summed E-state index contributed by atoms with van der Waals surface area (Å²) >= 11 is 0. The van der Waals surface area contributed by atoms with Crippen molar-refractivity contribution < 1.29 is 28.2 Å². The van der Waals surface area contributed by atoms with E-state index in [1.165, 1.54) is 31.0 Å². The van der Waals surface area contributed by atoms with Gasteiger partial charge in [0.25, 0.3) is 11.5 Å². The minimum atomic E-state index is -0.681. The highest BCUT2D eigenvalue weighted by molar-refractivity contribution is 6.10. The fourth-order valence-electron chi connectivity index (χ4n) is 2.83. The molecule has 0 spiro atoms. The molecule has 0 fully saturated rings. The molecule has 0 aliphatic carbocycles. The Hall–Kier alpha value is -3.55. The molecule has 9 nitrogen and oxygen atoms in total. The SMILES string of the molecule is COCCCn1cc(C(=O)c2cc(F)ccc2OCC(=O)NCCOC)cc(C#N)c1=O. The molecule has 1 heterocycles. The molecule has 1 aromatic heterocycles. The van der Waals surface area contributed by atoms with Crippen LogP contribution < -0.4 is 15.6 Å². The van der Waals surface area contributed by atoms with Gasteiger partial charge in [-0.1, -0.05) is 0 Å². The zero-order valence-corrected chi connectivity index (χ0v) is 17.9. The van der Waals surface area contributed by atoms with Crippen molar-refractivity contribution in [1.82, 2.24) is 9.88 Å². The highest BCUT2D eigenvalue weighted by Gasteiger charge is 2.19. The number of aryl methyl sites for hydroxylation is 1. The van der Waals surface area contributed by atoms with Crippen LogP contribution >= 0.6 is 0 Å². The van der Waals surface area contributed by atoms with Crippen molar-refractivity contribution in [3.05, 3.63) is 63.3 Å². The molecule has 0 atom stereocenters. The standard InChI is InChI=1S/C22H24FN3O6/c1-30-8-3-7-26-13-16(10-15(12-24)22(26)29)21(28)18-11-17(23)4-5-19(18)32-14-20(27)25-6-9-31-2/h4-5,10-11,13H,3,6-9,14H2,1-2H3,(H,25,27). The van der Waals surface area contributed by atoms with Crippen molar-refractivity contribution in [2.24, 2.45) is 0 Å². The van der Waals surface area contributed by atoms with E-state index in [1.54, 1.807) is 6.07 Å². The highest BCUT2D eigenvalue weighted by Crippen LogP contribution is 2.23. The summed E-state index contributed by atoms with van der Waals surface area (Å²) in [7, 11) is 3.02. The molecule has 0 bridgehead atoms. The van der Waals surface area contributed by atoms with Gasteiger partial charge in [-0.05, 0) is 30.7 Å². The number of hydrogen-bond acceptors (Lipinski definition) is 7. The Labute approximate surface area is 184 Å². The van der Waals surface area contributed by atoms with Crippen LogP contribution in [0.25, 0.3) is 0 Å². The number of aromatic nitrogens is 1. The molecule has 2 rings (SSSR count). The number of carbonyl (C=O) groups excluding carboxylic acids is 2. The average molecular weight is 445 g/mol. The van der Waals surface area contributed by atoms with Crippen molar-refractivity contribution in [3.63, 3.8) is 0 Å². The van der Waals surface area contributed by atoms with Crippen molar-refractivity contribution >= 4 is 11.7 Å². The van der Waals surface area contributed by atoms with Gasteiger partial charge in [-0.25, -0.2) is 4.39 Å². The third-order valence-electron chi connectivity index (χ3n) is 4.39. The summed E-state index contributed by atoms with van der Waals surface area (Å²) in [6, 6.07) is 6.25. The molecule has 1 amide bonds. The number of nitrogens with one attached hydrogen (secondary N) is 1. The summed E-state index contributed by atoms with van der Waals surface area (Å²) in [5, 5.41) is 11.9. The number of amides is 1. The van der Waals surface area contributed by atoms with Crippen LogP contribution in [-0.4, -0.2) is 56.8 Å². The second-order valence-corrected chi connectivity index (χ2v) is 6.70. The van der Waals surface area contributed by atoms with E-state index in [2.05, 4.69) is 5.32 Å². The van der Waals surface area contributed by atoms with E-state index in [0.29, 0.717) is 19.6 Å². The van der Waals surface area contributed by atoms with Crippen LogP contribution in [0.4, 0.5) is 4.39 Å². The maximum atomic E-state index is 13.9. The molecule has 2 aromatic rings. The minimum Gasteiger partial charge on any atom is -0.483 e. The van der Waals surface area contributed by atoms with Crippen molar-refractivity contribution in [2.75, 3.05) is 40.6 Å². The van der Waals surface area contributed by atoms with E-state index in [0.717, 1.165) is 18.2 Å². The van der Waals surface area contributed by atoms with Crippen LogP contribution in [0.15, 0.2) is 35.3 Å². The van der Waals surface area contributed by atoms with E-state index in [9.17, 15) is 24.0 Å². The summed E-state index contributed by atoms with van der Waals surface area (Å²) in [6.45, 7) is 0.843. The Morgan fingerprint density at radius 2 is 1.94 bits per heavy atom. The van der Waals surface area contributed by atoms with Crippen molar-refractivity contribution in [3.8, 4) is 11.8 Å². The number of ether oxygens (including phenoxy) is 3. The van der Waals surface area contributed by atoms with Crippen LogP contribution in [0.1, 0.15) is 27.9 Å². The number of pyridine rings is 1. The van der Waals surface area contributed by atoms with E-state index in [-0.39, 0.29) is 35.5 Å². The Morgan fingerprint density at radius 3 is 2.62 bits per heavy atom. The first kappa shape index (κ1) is 24.7. The van der Waals surface area contributed by atoms with Crippen LogP contribution in [0, 0.1) is 17.1 Å². The first-order valence-corrected chi connectivity index (χ1v) is 9.77. The lowest BCUT2D eigenvalue weighted by atomic mass is 10.0. The molecule has 0 saturated heterocycles. The molecule has 0 aliphatic rings. The highest BCUT2D eigenvalue weighted by atomic mass is 19.1. The normalized spacial score (nSPS) is 10.4. The lowest BCUT2D eigenvalue weighted by molar-refractivity contribution is -0.123. The molecule has 1 aromatic carbocycles. The molecular formula is C22H24FN3O6. The van der Waals surface area contributed by atoms with Gasteiger partial charge in [0.05, 0.1) is 12.2 Å². The molecule has 0 unspecified atom stereocenters. The van der Waals surface area contributed by atoms with E-state index in [1.807, 2.05) is 0 Å². The van der Waals surface area contributed by atoms with Gasteiger partial charge in [-0.2, -0.15) is 5.26 Å². The number of hydrogen-bond donors (Lipinski definition) is 1.